The Kier molecular flexibility index (Phi) is 4.20. The molecule has 3 fully saturated rings. The van der Waals surface area contributed by atoms with Crippen LogP contribution in [0.1, 0.15) is 42.1 Å². The van der Waals surface area contributed by atoms with Gasteiger partial charge in [-0.15, -0.1) is 0 Å². The summed E-state index contributed by atoms with van der Waals surface area (Å²) in [7, 11) is 0. The molecule has 2 aromatic rings. The van der Waals surface area contributed by atoms with Gasteiger partial charge in [0.25, 0.3) is 6.54 Å². The van der Waals surface area contributed by atoms with Crippen LogP contribution in [0.2, 0.25) is 5.02 Å². The molecule has 0 radical (unpaired) electrons. The molecule has 0 bridgehead atoms. The van der Waals surface area contributed by atoms with Crippen molar-refractivity contribution in [2.45, 2.75) is 37.8 Å². The van der Waals surface area contributed by atoms with Crippen LogP contribution in [0.15, 0.2) is 17.1 Å². The van der Waals surface area contributed by atoms with Crippen LogP contribution < -0.4 is 16.1 Å². The highest BCUT2D eigenvalue weighted by Crippen LogP contribution is 2.54. The van der Waals surface area contributed by atoms with Crippen LogP contribution in [-0.4, -0.2) is 40.9 Å². The van der Waals surface area contributed by atoms with Crippen molar-refractivity contribution in [2.24, 2.45) is 11.1 Å². The highest BCUT2D eigenvalue weighted by Gasteiger charge is 2.54. The minimum absolute atomic E-state index is 0.0136. The maximum Gasteiger partial charge on any atom is 0.266 e. The Bertz CT molecular complexity index is 1170. The van der Waals surface area contributed by atoms with Gasteiger partial charge in [0.15, 0.2) is 0 Å². The number of ketones is 1. The van der Waals surface area contributed by atoms with Crippen molar-refractivity contribution in [1.29, 1.82) is 0 Å². The molecule has 10 heteroatoms. The zero-order valence-corrected chi connectivity index (χ0v) is 16.8. The van der Waals surface area contributed by atoms with E-state index in [9.17, 15) is 19.7 Å². The Morgan fingerprint density at radius 3 is 2.67 bits per heavy atom. The molecule has 2 aliphatic carbocycles. The third-order valence-corrected chi connectivity index (χ3v) is 6.97. The number of fused-ring (bicyclic) bond motifs is 1. The number of carbonyl (C=O) groups excluding carboxylic acids is 1. The van der Waals surface area contributed by atoms with Crippen molar-refractivity contribution in [2.75, 3.05) is 24.5 Å². The Hall–Kier alpha value is -2.52. The van der Waals surface area contributed by atoms with E-state index in [0.717, 1.165) is 31.7 Å². The molecule has 2 saturated carbocycles. The van der Waals surface area contributed by atoms with Gasteiger partial charge in [0, 0.05) is 41.7 Å². The summed E-state index contributed by atoms with van der Waals surface area (Å²) >= 11 is 6.68. The van der Waals surface area contributed by atoms with Gasteiger partial charge in [-0.25, -0.2) is 4.39 Å². The van der Waals surface area contributed by atoms with Crippen molar-refractivity contribution in [1.82, 2.24) is 4.57 Å². The first-order valence-corrected chi connectivity index (χ1v) is 10.3. The van der Waals surface area contributed by atoms with Crippen LogP contribution in [0.5, 0.6) is 0 Å². The molecule has 1 aromatic carbocycles. The zero-order valence-electron chi connectivity index (χ0n) is 16.1. The number of halogens is 2. The summed E-state index contributed by atoms with van der Waals surface area (Å²) in [6.07, 6.45) is 5.00. The number of anilines is 1. The number of pyridine rings is 1. The molecule has 1 aromatic heterocycles. The zero-order chi connectivity index (χ0) is 21.4. The number of nitrogens with two attached hydrogens (primary N) is 1. The van der Waals surface area contributed by atoms with Gasteiger partial charge in [0.05, 0.1) is 27.2 Å². The minimum Gasteiger partial charge on any atom is -0.366 e. The molecular formula is C20H20ClFN4O4. The van der Waals surface area contributed by atoms with Gasteiger partial charge in [-0.3, -0.25) is 19.7 Å². The van der Waals surface area contributed by atoms with E-state index >= 15 is 4.39 Å². The van der Waals surface area contributed by atoms with Crippen molar-refractivity contribution >= 4 is 34.0 Å². The lowest BCUT2D eigenvalue weighted by Gasteiger charge is -2.23. The molecule has 1 unspecified atom stereocenters. The average Bonchev–Trinajstić information content (AvgIpc) is 3.56. The quantitative estimate of drug-likeness (QED) is 0.439. The normalized spacial score (nSPS) is 22.1. The molecule has 1 saturated heterocycles. The number of carbonyl (C=O) groups is 1. The van der Waals surface area contributed by atoms with E-state index < -0.39 is 28.5 Å². The Balaban J connectivity index is 1.70. The topological polar surface area (TPSA) is 111 Å². The van der Waals surface area contributed by atoms with Crippen molar-refractivity contribution in [3.8, 4) is 0 Å². The summed E-state index contributed by atoms with van der Waals surface area (Å²) < 4.78 is 16.9. The predicted molar refractivity (Wildman–Crippen MR) is 109 cm³/mol. The van der Waals surface area contributed by atoms with Crippen LogP contribution in [0.3, 0.4) is 0 Å². The van der Waals surface area contributed by atoms with E-state index in [4.69, 9.17) is 17.3 Å². The van der Waals surface area contributed by atoms with E-state index in [1.165, 1.54) is 6.20 Å². The molecule has 8 nitrogen and oxygen atoms in total. The van der Waals surface area contributed by atoms with Crippen molar-refractivity contribution in [3.05, 3.63) is 49.0 Å². The average molecular weight is 435 g/mol. The molecule has 5 rings (SSSR count). The first-order chi connectivity index (χ1) is 14.2. The number of hydrogen-bond acceptors (Lipinski definition) is 6. The van der Waals surface area contributed by atoms with Crippen LogP contribution in [-0.2, 0) is 0 Å². The Morgan fingerprint density at radius 2 is 2.10 bits per heavy atom. The van der Waals surface area contributed by atoms with Crippen molar-refractivity contribution < 1.29 is 14.1 Å². The fourth-order valence-electron chi connectivity index (χ4n) is 4.62. The third kappa shape index (κ3) is 2.91. The second-order valence-corrected chi connectivity index (χ2v) is 9.07. The van der Waals surface area contributed by atoms with E-state index in [1.54, 1.807) is 4.57 Å². The Labute approximate surface area is 175 Å². The van der Waals surface area contributed by atoms with E-state index in [-0.39, 0.29) is 39.2 Å². The highest BCUT2D eigenvalue weighted by atomic mass is 35.5. The third-order valence-electron chi connectivity index (χ3n) is 6.62. The van der Waals surface area contributed by atoms with Gasteiger partial charge >= 0.3 is 0 Å². The van der Waals surface area contributed by atoms with Crippen LogP contribution in [0.25, 0.3) is 10.9 Å². The van der Waals surface area contributed by atoms with Gasteiger partial charge in [-0.1, -0.05) is 11.6 Å². The van der Waals surface area contributed by atoms with Gasteiger partial charge < -0.3 is 15.2 Å². The smallest absolute Gasteiger partial charge is 0.266 e. The van der Waals surface area contributed by atoms with E-state index in [1.807, 2.05) is 4.90 Å². The largest absolute Gasteiger partial charge is 0.366 e. The van der Waals surface area contributed by atoms with Gasteiger partial charge in [-0.2, -0.15) is 0 Å². The molecule has 1 spiro atoms. The van der Waals surface area contributed by atoms with Gasteiger partial charge in [0.1, 0.15) is 5.82 Å². The number of rotatable bonds is 5. The molecular weight excluding hydrogens is 415 g/mol. The van der Waals surface area contributed by atoms with Crippen molar-refractivity contribution in [3.63, 3.8) is 0 Å². The van der Waals surface area contributed by atoms with E-state index in [0.29, 0.717) is 18.6 Å². The number of benzene rings is 1. The highest BCUT2D eigenvalue weighted by molar-refractivity contribution is 6.38. The molecule has 30 heavy (non-hydrogen) atoms. The Morgan fingerprint density at radius 1 is 1.40 bits per heavy atom. The second-order valence-electron chi connectivity index (χ2n) is 8.69. The molecule has 2 N–H and O–H groups in total. The van der Waals surface area contributed by atoms with Crippen LogP contribution >= 0.6 is 11.6 Å². The van der Waals surface area contributed by atoms with Gasteiger partial charge in [0.2, 0.25) is 11.2 Å². The molecule has 3 aliphatic rings. The number of hydrogen-bond donors (Lipinski definition) is 1. The predicted octanol–water partition coefficient (Wildman–Crippen LogP) is 2.52. The SMILES string of the molecule is NC1CN(c2c(F)cc3c(=O)c(C(=O)C[N+](=O)[O-])cn(C4CC4)c3c2Cl)CC12CC2. The molecule has 158 valence electrons. The molecule has 2 heterocycles. The first kappa shape index (κ1) is 19.4. The number of aromatic nitrogens is 1. The van der Waals surface area contributed by atoms with Gasteiger partial charge in [-0.05, 0) is 31.7 Å². The van der Waals surface area contributed by atoms with E-state index in [2.05, 4.69) is 0 Å². The lowest BCUT2D eigenvalue weighted by atomic mass is 10.0. The maximum absolute atomic E-state index is 15.2. The fourth-order valence-corrected chi connectivity index (χ4v) is 5.03. The first-order valence-electron chi connectivity index (χ1n) is 9.94. The van der Waals surface area contributed by atoms with Crippen LogP contribution in [0, 0.1) is 21.3 Å². The summed E-state index contributed by atoms with van der Waals surface area (Å²) in [6.45, 7) is 0.103. The number of nitro groups is 1. The molecule has 1 aliphatic heterocycles. The summed E-state index contributed by atoms with van der Waals surface area (Å²) in [5.41, 5.74) is 5.82. The lowest BCUT2D eigenvalue weighted by Crippen LogP contribution is -2.30. The summed E-state index contributed by atoms with van der Waals surface area (Å²) in [4.78, 5) is 37.0. The molecule has 1 atom stereocenters. The molecule has 0 amide bonds. The minimum atomic E-state index is -0.993. The summed E-state index contributed by atoms with van der Waals surface area (Å²) in [5.74, 6) is -1.56. The summed E-state index contributed by atoms with van der Waals surface area (Å²) in [6, 6.07) is 1.06. The standard InChI is InChI=1S/C20H20ClFN4O4/c21-16-17-11(5-13(22)18(16)24-8-15(23)20(9-24)3-4-20)19(28)12(14(27)7-26(29)30)6-25(17)10-1-2-10/h5-6,10,15H,1-4,7-9,23H2. The van der Waals surface area contributed by atoms with Crippen LogP contribution in [0.4, 0.5) is 10.1 Å². The summed E-state index contributed by atoms with van der Waals surface area (Å²) in [5, 5.41) is 10.8. The second kappa shape index (κ2) is 6.49. The fraction of sp³-hybridized carbons (Fsp3) is 0.500. The lowest BCUT2D eigenvalue weighted by molar-refractivity contribution is -0.465. The number of Topliss-reactive ketones (excluding diaryl/α,β-unsaturated/α-hetero) is 1. The maximum atomic E-state index is 15.2. The monoisotopic (exact) mass is 434 g/mol. The number of nitrogens with zero attached hydrogens (tertiary/aromatic N) is 3.